The number of nitrogens with zero attached hydrogens (tertiary/aromatic N) is 5. The van der Waals surface area contributed by atoms with Crippen molar-refractivity contribution in [3.05, 3.63) is 41.5 Å². The van der Waals surface area contributed by atoms with Crippen molar-refractivity contribution in [1.82, 2.24) is 25.1 Å². The Hall–Kier alpha value is -2.06. The van der Waals surface area contributed by atoms with E-state index < -0.39 is 0 Å². The van der Waals surface area contributed by atoms with Gasteiger partial charge in [0.2, 0.25) is 5.91 Å². The largest absolute Gasteiger partial charge is 0.369 e. The number of hydrogen-bond donors (Lipinski definition) is 1. The summed E-state index contributed by atoms with van der Waals surface area (Å²) in [6.07, 6.45) is 2.27. The topological polar surface area (TPSA) is 89.9 Å². The van der Waals surface area contributed by atoms with E-state index in [1.54, 1.807) is 12.1 Å². The Morgan fingerprint density at radius 1 is 1.29 bits per heavy atom. The highest BCUT2D eigenvalue weighted by atomic mass is 35.5. The van der Waals surface area contributed by atoms with E-state index in [1.807, 2.05) is 4.68 Å². The molecule has 28 heavy (non-hydrogen) atoms. The lowest BCUT2D eigenvalue weighted by Gasteiger charge is -2.37. The van der Waals surface area contributed by atoms with Crippen LogP contribution in [0.5, 0.6) is 0 Å². The van der Waals surface area contributed by atoms with Crippen molar-refractivity contribution in [1.29, 1.82) is 0 Å². The lowest BCUT2D eigenvalue weighted by Crippen LogP contribution is -2.42. The van der Waals surface area contributed by atoms with Crippen LogP contribution in [0.1, 0.15) is 57.5 Å². The summed E-state index contributed by atoms with van der Waals surface area (Å²) in [4.78, 5) is 13.8. The molecule has 1 aliphatic rings. The highest BCUT2D eigenvalue weighted by Gasteiger charge is 2.35. The van der Waals surface area contributed by atoms with Gasteiger partial charge in [-0.05, 0) is 74.3 Å². The molecule has 1 aromatic carbocycles. The van der Waals surface area contributed by atoms with Gasteiger partial charge >= 0.3 is 0 Å². The predicted molar refractivity (Wildman–Crippen MR) is 106 cm³/mol. The monoisotopic (exact) mass is 410 g/mol. The average molecular weight is 411 g/mol. The standard InChI is InChI=1S/C19H27FN6O.ClH/c1-4-19(2,3)26-18(22-23-24-26)16(13-5-7-15(20)8-6-13)25-11-9-14(10-12-25)17(21)27;/h5-8,14,16H,4,9-12H2,1-3H3,(H2,21,27);1H. The van der Waals surface area contributed by atoms with E-state index in [0.717, 1.165) is 17.8 Å². The number of piperidine rings is 1. The van der Waals surface area contributed by atoms with Gasteiger partial charge in [-0.15, -0.1) is 17.5 Å². The zero-order valence-electron chi connectivity index (χ0n) is 16.5. The molecule has 1 aliphatic heterocycles. The molecule has 2 N–H and O–H groups in total. The second kappa shape index (κ2) is 8.96. The molecule has 1 unspecified atom stereocenters. The van der Waals surface area contributed by atoms with Gasteiger partial charge in [0.25, 0.3) is 0 Å². The fourth-order valence-corrected chi connectivity index (χ4v) is 3.56. The molecule has 1 aromatic heterocycles. The summed E-state index contributed by atoms with van der Waals surface area (Å²) in [5, 5.41) is 12.5. The Balaban J connectivity index is 0.00000280. The minimum Gasteiger partial charge on any atom is -0.369 e. The number of carbonyl (C=O) groups excluding carboxylic acids is 1. The van der Waals surface area contributed by atoms with Crippen molar-refractivity contribution >= 4 is 18.3 Å². The van der Waals surface area contributed by atoms with Gasteiger partial charge in [0.1, 0.15) is 5.82 Å². The molecular weight excluding hydrogens is 383 g/mol. The van der Waals surface area contributed by atoms with Gasteiger partial charge in [-0.25, -0.2) is 9.07 Å². The Kier molecular flexibility index (Phi) is 7.11. The maximum Gasteiger partial charge on any atom is 0.220 e. The van der Waals surface area contributed by atoms with Crippen molar-refractivity contribution in [2.24, 2.45) is 11.7 Å². The Morgan fingerprint density at radius 2 is 1.89 bits per heavy atom. The molecule has 0 spiro atoms. The molecule has 7 nitrogen and oxygen atoms in total. The van der Waals surface area contributed by atoms with Crippen LogP contribution in [0.25, 0.3) is 0 Å². The van der Waals surface area contributed by atoms with Crippen LogP contribution in [-0.2, 0) is 10.3 Å². The molecule has 2 heterocycles. The molecular formula is C19H28ClFN6O. The number of tetrazole rings is 1. The molecule has 0 saturated carbocycles. The van der Waals surface area contributed by atoms with E-state index in [9.17, 15) is 9.18 Å². The van der Waals surface area contributed by atoms with E-state index >= 15 is 0 Å². The van der Waals surface area contributed by atoms with Gasteiger partial charge < -0.3 is 5.73 Å². The molecule has 154 valence electrons. The molecule has 1 saturated heterocycles. The van der Waals surface area contributed by atoms with Gasteiger partial charge in [-0.1, -0.05) is 19.1 Å². The molecule has 3 rings (SSSR count). The Labute approximate surface area is 170 Å². The van der Waals surface area contributed by atoms with Crippen LogP contribution in [0, 0.1) is 11.7 Å². The maximum absolute atomic E-state index is 13.5. The minimum atomic E-state index is -0.279. The van der Waals surface area contributed by atoms with Crippen LogP contribution in [0.4, 0.5) is 4.39 Å². The fraction of sp³-hybridized carbons (Fsp3) is 0.579. The molecule has 1 atom stereocenters. The summed E-state index contributed by atoms with van der Waals surface area (Å²) in [5.74, 6) is 0.104. The molecule has 2 aromatic rings. The molecule has 0 aliphatic carbocycles. The van der Waals surface area contributed by atoms with Gasteiger partial charge in [-0.2, -0.15) is 0 Å². The van der Waals surface area contributed by atoms with Crippen molar-refractivity contribution in [3.8, 4) is 0 Å². The number of benzene rings is 1. The third kappa shape index (κ3) is 4.50. The first-order valence-electron chi connectivity index (χ1n) is 9.41. The van der Waals surface area contributed by atoms with E-state index in [-0.39, 0.29) is 41.6 Å². The highest BCUT2D eigenvalue weighted by Crippen LogP contribution is 2.33. The lowest BCUT2D eigenvalue weighted by atomic mass is 9.93. The summed E-state index contributed by atoms with van der Waals surface area (Å²) in [6.45, 7) is 7.68. The number of halogens is 2. The van der Waals surface area contributed by atoms with Crippen LogP contribution in [0.3, 0.4) is 0 Å². The summed E-state index contributed by atoms with van der Waals surface area (Å²) in [7, 11) is 0. The fourth-order valence-electron chi connectivity index (χ4n) is 3.56. The number of amides is 1. The smallest absolute Gasteiger partial charge is 0.220 e. The van der Waals surface area contributed by atoms with Crippen molar-refractivity contribution in [3.63, 3.8) is 0 Å². The zero-order chi connectivity index (χ0) is 19.6. The minimum absolute atomic E-state index is 0. The lowest BCUT2D eigenvalue weighted by molar-refractivity contribution is -0.123. The summed E-state index contributed by atoms with van der Waals surface area (Å²) >= 11 is 0. The van der Waals surface area contributed by atoms with Crippen LogP contribution >= 0.6 is 12.4 Å². The number of rotatable bonds is 6. The van der Waals surface area contributed by atoms with E-state index in [0.29, 0.717) is 25.9 Å². The summed E-state index contributed by atoms with van der Waals surface area (Å²) in [5.41, 5.74) is 6.16. The number of likely N-dealkylation sites (tertiary alicyclic amines) is 1. The number of aromatic nitrogens is 4. The molecule has 0 bridgehead atoms. The van der Waals surface area contributed by atoms with Crippen molar-refractivity contribution in [2.75, 3.05) is 13.1 Å². The van der Waals surface area contributed by atoms with Crippen molar-refractivity contribution in [2.45, 2.75) is 51.6 Å². The molecule has 9 heteroatoms. The van der Waals surface area contributed by atoms with Crippen LogP contribution in [0.15, 0.2) is 24.3 Å². The Bertz CT molecular complexity index is 786. The molecule has 0 radical (unpaired) electrons. The number of primary amides is 1. The third-order valence-corrected chi connectivity index (χ3v) is 5.66. The quantitative estimate of drug-likeness (QED) is 0.790. The maximum atomic E-state index is 13.5. The van der Waals surface area contributed by atoms with E-state index in [1.165, 1.54) is 12.1 Å². The van der Waals surface area contributed by atoms with Gasteiger partial charge in [0, 0.05) is 5.92 Å². The van der Waals surface area contributed by atoms with Crippen LogP contribution < -0.4 is 5.73 Å². The predicted octanol–water partition coefficient (Wildman–Crippen LogP) is 2.67. The van der Waals surface area contributed by atoms with Gasteiger partial charge in [0.05, 0.1) is 11.6 Å². The number of hydrogen-bond acceptors (Lipinski definition) is 5. The second-order valence-corrected chi connectivity index (χ2v) is 7.78. The molecule has 1 amide bonds. The summed E-state index contributed by atoms with van der Waals surface area (Å²) in [6, 6.07) is 6.26. The summed E-state index contributed by atoms with van der Waals surface area (Å²) < 4.78 is 15.3. The SMILES string of the molecule is CCC(C)(C)n1nnnc1C(c1ccc(F)cc1)N1CCC(C(N)=O)CC1.Cl. The van der Waals surface area contributed by atoms with Gasteiger partial charge in [-0.3, -0.25) is 9.69 Å². The van der Waals surface area contributed by atoms with Crippen molar-refractivity contribution < 1.29 is 9.18 Å². The number of nitrogens with two attached hydrogens (primary N) is 1. The third-order valence-electron chi connectivity index (χ3n) is 5.66. The zero-order valence-corrected chi connectivity index (χ0v) is 17.3. The first-order chi connectivity index (χ1) is 12.8. The average Bonchev–Trinajstić information content (AvgIpc) is 3.14. The normalized spacial score (nSPS) is 17.1. The van der Waals surface area contributed by atoms with Crippen LogP contribution in [-0.4, -0.2) is 44.1 Å². The first kappa shape index (κ1) is 22.2. The van der Waals surface area contributed by atoms with E-state index in [2.05, 4.69) is 41.2 Å². The molecule has 1 fully saturated rings. The van der Waals surface area contributed by atoms with Gasteiger partial charge in [0.15, 0.2) is 5.82 Å². The second-order valence-electron chi connectivity index (χ2n) is 7.78. The number of carbonyl (C=O) groups is 1. The Morgan fingerprint density at radius 3 is 2.43 bits per heavy atom. The van der Waals surface area contributed by atoms with Crippen LogP contribution in [0.2, 0.25) is 0 Å². The highest BCUT2D eigenvalue weighted by molar-refractivity contribution is 5.85. The van der Waals surface area contributed by atoms with E-state index in [4.69, 9.17) is 5.73 Å². The first-order valence-corrected chi connectivity index (χ1v) is 9.41.